The maximum absolute atomic E-state index is 13.3. The summed E-state index contributed by atoms with van der Waals surface area (Å²) >= 11 is 1.32. The highest BCUT2D eigenvalue weighted by Gasteiger charge is 2.41. The summed E-state index contributed by atoms with van der Waals surface area (Å²) in [6.45, 7) is 3.42. The van der Waals surface area contributed by atoms with Crippen LogP contribution in [0.3, 0.4) is 0 Å². The third-order valence-corrected chi connectivity index (χ3v) is 5.87. The molecule has 0 spiro atoms. The zero-order valence-corrected chi connectivity index (χ0v) is 19.7. The Labute approximate surface area is 200 Å². The Morgan fingerprint density at radius 3 is 2.59 bits per heavy atom. The number of ether oxygens (including phenoxy) is 3. The lowest BCUT2D eigenvalue weighted by Crippen LogP contribution is -2.33. The molecule has 0 radical (unpaired) electrons. The minimum Gasteiger partial charge on any atom is -0.496 e. The predicted molar refractivity (Wildman–Crippen MR) is 123 cm³/mol. The highest BCUT2D eigenvalue weighted by Crippen LogP contribution is 2.45. The zero-order chi connectivity index (χ0) is 24.7. The molecule has 0 saturated heterocycles. The molecule has 9 nitrogen and oxygen atoms in total. The second-order valence-corrected chi connectivity index (χ2v) is 7.97. The van der Waals surface area contributed by atoms with Gasteiger partial charge in [-0.2, -0.15) is 10.5 Å². The lowest BCUT2D eigenvalue weighted by molar-refractivity contribution is -0.139. The van der Waals surface area contributed by atoms with Crippen LogP contribution in [0.5, 0.6) is 5.75 Å². The van der Waals surface area contributed by atoms with E-state index >= 15 is 0 Å². The van der Waals surface area contributed by atoms with Gasteiger partial charge in [-0.3, -0.25) is 4.98 Å². The van der Waals surface area contributed by atoms with E-state index in [2.05, 4.69) is 16.4 Å². The number of methoxy groups -OCH3 is 1. The third-order valence-electron chi connectivity index (χ3n) is 5.08. The van der Waals surface area contributed by atoms with Gasteiger partial charge in [0.1, 0.15) is 12.4 Å². The molecule has 10 heteroatoms. The fourth-order valence-electron chi connectivity index (χ4n) is 3.66. The van der Waals surface area contributed by atoms with Gasteiger partial charge in [-0.25, -0.2) is 9.59 Å². The summed E-state index contributed by atoms with van der Waals surface area (Å²) in [5, 5.41) is 21.3. The highest BCUT2D eigenvalue weighted by molar-refractivity contribution is 7.10. The van der Waals surface area contributed by atoms with E-state index in [1.54, 1.807) is 43.8 Å². The van der Waals surface area contributed by atoms with Gasteiger partial charge in [-0.15, -0.1) is 11.3 Å². The number of aromatic nitrogens is 1. The second kappa shape index (κ2) is 11.1. The van der Waals surface area contributed by atoms with E-state index < -0.39 is 17.9 Å². The largest absolute Gasteiger partial charge is 0.496 e. The number of hydrogen-bond acceptors (Lipinski definition) is 10. The first-order valence-electron chi connectivity index (χ1n) is 10.4. The third kappa shape index (κ3) is 4.92. The summed E-state index contributed by atoms with van der Waals surface area (Å²) in [6.07, 6.45) is 1.64. The van der Waals surface area contributed by atoms with Crippen LogP contribution in [0.15, 0.2) is 46.7 Å². The number of nitrogens with zero attached hydrogens (tertiary/aromatic N) is 3. The predicted octanol–water partition coefficient (Wildman–Crippen LogP) is 3.42. The first kappa shape index (κ1) is 24.5. The second-order valence-electron chi connectivity index (χ2n) is 7.08. The van der Waals surface area contributed by atoms with E-state index in [9.17, 15) is 14.9 Å². The molecule has 0 bridgehead atoms. The summed E-state index contributed by atoms with van der Waals surface area (Å²) in [6, 6.07) is 8.76. The van der Waals surface area contributed by atoms with Crippen LogP contribution in [0.25, 0.3) is 5.70 Å². The van der Waals surface area contributed by atoms with Gasteiger partial charge in [0.2, 0.25) is 0 Å². The minimum atomic E-state index is -0.922. The van der Waals surface area contributed by atoms with Crippen LogP contribution in [0, 0.1) is 22.7 Å². The molecule has 1 atom stereocenters. The lowest BCUT2D eigenvalue weighted by Gasteiger charge is -2.31. The Balaban J connectivity index is 2.29. The quantitative estimate of drug-likeness (QED) is 0.447. The zero-order valence-electron chi connectivity index (χ0n) is 18.9. The Bertz CT molecular complexity index is 1240. The molecule has 1 unspecified atom stereocenters. The molecule has 0 saturated carbocycles. The van der Waals surface area contributed by atoms with Crippen LogP contribution >= 0.6 is 11.3 Å². The van der Waals surface area contributed by atoms with Crippen molar-refractivity contribution in [2.75, 3.05) is 20.3 Å². The Kier molecular flexibility index (Phi) is 8.01. The van der Waals surface area contributed by atoms with Gasteiger partial charge >= 0.3 is 11.9 Å². The average molecular weight is 479 g/mol. The van der Waals surface area contributed by atoms with E-state index in [-0.39, 0.29) is 30.8 Å². The number of rotatable bonds is 8. The number of nitrogens with one attached hydrogen (secondary N) is 1. The van der Waals surface area contributed by atoms with Crippen molar-refractivity contribution in [2.45, 2.75) is 26.2 Å². The van der Waals surface area contributed by atoms with Crippen molar-refractivity contribution in [1.29, 1.82) is 10.5 Å². The van der Waals surface area contributed by atoms with Crippen LogP contribution in [-0.2, 0) is 19.1 Å². The summed E-state index contributed by atoms with van der Waals surface area (Å²) < 4.78 is 16.3. The van der Waals surface area contributed by atoms with Gasteiger partial charge in [0.05, 0.1) is 71.0 Å². The molecule has 1 aliphatic heterocycles. The number of hydrogen-bond donors (Lipinski definition) is 1. The standard InChI is InChI=1S/C24H22N4O5S/c1-4-32-24(30)21-20(16-7-6-15(11-26)10-17(16)31-3)19(23(29)33-9-5-8-25)14(2)28-22(21)18-12-27-13-34-18/h6-7,10,12-13,20,28H,4-5,9H2,1-3H3. The maximum Gasteiger partial charge on any atom is 0.337 e. The Morgan fingerprint density at radius 2 is 1.97 bits per heavy atom. The van der Waals surface area contributed by atoms with Gasteiger partial charge in [-0.1, -0.05) is 6.07 Å². The van der Waals surface area contributed by atoms with Gasteiger partial charge in [0.25, 0.3) is 0 Å². The molecule has 0 aliphatic carbocycles. The van der Waals surface area contributed by atoms with Crippen molar-refractivity contribution in [1.82, 2.24) is 10.3 Å². The molecule has 3 rings (SSSR count). The molecule has 34 heavy (non-hydrogen) atoms. The number of carbonyl (C=O) groups excluding carboxylic acids is 2. The molecule has 2 aromatic rings. The van der Waals surface area contributed by atoms with E-state index in [0.717, 1.165) is 0 Å². The fraction of sp³-hybridized carbons (Fsp3) is 0.292. The van der Waals surface area contributed by atoms with E-state index in [0.29, 0.717) is 33.1 Å². The molecule has 0 fully saturated rings. The summed E-state index contributed by atoms with van der Waals surface area (Å²) in [5.74, 6) is -1.90. The van der Waals surface area contributed by atoms with Gasteiger partial charge in [-0.05, 0) is 26.0 Å². The van der Waals surface area contributed by atoms with Crippen molar-refractivity contribution >= 4 is 29.0 Å². The van der Waals surface area contributed by atoms with Gasteiger partial charge < -0.3 is 19.5 Å². The van der Waals surface area contributed by atoms with Crippen molar-refractivity contribution < 1.29 is 23.8 Å². The van der Waals surface area contributed by atoms with Gasteiger partial charge in [0, 0.05) is 17.5 Å². The molecule has 1 aromatic carbocycles. The number of esters is 2. The summed E-state index contributed by atoms with van der Waals surface area (Å²) in [5.41, 5.74) is 3.77. The highest BCUT2D eigenvalue weighted by atomic mass is 32.1. The van der Waals surface area contributed by atoms with Gasteiger partial charge in [0.15, 0.2) is 0 Å². The molecule has 2 heterocycles. The van der Waals surface area contributed by atoms with Crippen LogP contribution < -0.4 is 10.1 Å². The molecule has 1 aliphatic rings. The SMILES string of the molecule is CCOC(=O)C1=C(c2cncs2)NC(C)=C(C(=O)OCCC#N)C1c1ccc(C#N)cc1OC. The molecule has 1 aromatic heterocycles. The normalized spacial score (nSPS) is 15.1. The number of carbonyl (C=O) groups is 2. The first-order valence-corrected chi connectivity index (χ1v) is 11.2. The summed E-state index contributed by atoms with van der Waals surface area (Å²) in [7, 11) is 1.44. The van der Waals surface area contributed by atoms with E-state index in [4.69, 9.17) is 19.5 Å². The number of nitriles is 2. The van der Waals surface area contributed by atoms with Crippen LogP contribution in [0.2, 0.25) is 0 Å². The fourth-order valence-corrected chi connectivity index (χ4v) is 4.29. The van der Waals surface area contributed by atoms with Crippen LogP contribution in [0.4, 0.5) is 0 Å². The van der Waals surface area contributed by atoms with Crippen molar-refractivity contribution in [2.24, 2.45) is 0 Å². The van der Waals surface area contributed by atoms with E-state index in [1.807, 2.05) is 6.07 Å². The van der Waals surface area contributed by atoms with Crippen molar-refractivity contribution in [3.05, 3.63) is 62.8 Å². The minimum absolute atomic E-state index is 0.0308. The average Bonchev–Trinajstić information content (AvgIpc) is 3.38. The van der Waals surface area contributed by atoms with E-state index in [1.165, 1.54) is 18.4 Å². The monoisotopic (exact) mass is 478 g/mol. The van der Waals surface area contributed by atoms with Crippen LogP contribution in [0.1, 0.15) is 42.2 Å². The molecule has 1 N–H and O–H groups in total. The lowest BCUT2D eigenvalue weighted by atomic mass is 9.79. The smallest absolute Gasteiger partial charge is 0.337 e. The first-order chi connectivity index (χ1) is 16.5. The van der Waals surface area contributed by atoms with Crippen molar-refractivity contribution in [3.63, 3.8) is 0 Å². The van der Waals surface area contributed by atoms with Crippen molar-refractivity contribution in [3.8, 4) is 17.9 Å². The maximum atomic E-state index is 13.3. The topological polar surface area (TPSA) is 134 Å². The molecule has 174 valence electrons. The Morgan fingerprint density at radius 1 is 1.21 bits per heavy atom. The Hall–Kier alpha value is -4.15. The van der Waals surface area contributed by atoms with Crippen LogP contribution in [-0.4, -0.2) is 37.2 Å². The summed E-state index contributed by atoms with van der Waals surface area (Å²) in [4.78, 5) is 31.3. The molecule has 0 amide bonds. The number of dihydropyridines is 1. The molecular formula is C24H22N4O5S. The number of allylic oxidation sites excluding steroid dienone is 1. The number of benzene rings is 1. The number of thiazole rings is 1. The molecular weight excluding hydrogens is 456 g/mol.